The number of rotatable bonds is 40. The lowest BCUT2D eigenvalue weighted by molar-refractivity contribution is -0.0269. The van der Waals surface area contributed by atoms with Crippen molar-refractivity contribution >= 4 is 0 Å². The van der Waals surface area contributed by atoms with E-state index >= 15 is 0 Å². The highest BCUT2D eigenvalue weighted by molar-refractivity contribution is 5.27. The van der Waals surface area contributed by atoms with Gasteiger partial charge in [0.1, 0.15) is 12.4 Å². The minimum Gasteiger partial charge on any atom is -0.491 e. The summed E-state index contributed by atoms with van der Waals surface area (Å²) in [7, 11) is 0. The largest absolute Gasteiger partial charge is 0.491 e. The molecule has 0 unspecified atom stereocenters. The van der Waals surface area contributed by atoms with Crippen LogP contribution in [0, 0.1) is 0 Å². The third-order valence-electron chi connectivity index (χ3n) is 7.70. The number of hydrogen-bond donors (Lipinski definition) is 0. The van der Waals surface area contributed by atoms with Crippen LogP contribution in [0.2, 0.25) is 0 Å². The van der Waals surface area contributed by atoms with Crippen molar-refractivity contribution in [3.05, 3.63) is 65.7 Å². The van der Waals surface area contributed by atoms with Gasteiger partial charge in [0.15, 0.2) is 0 Å². The molecule has 2 rings (SSSR count). The number of benzene rings is 2. The SMILES string of the molecule is CCCCCCCCc1ccc(OCCOCCOCCOCCOCCOCCOCCOCCOCCOCCOCc2ccccc2)cc1. The van der Waals surface area contributed by atoms with Crippen LogP contribution >= 0.6 is 0 Å². The van der Waals surface area contributed by atoms with Crippen molar-refractivity contribution in [2.24, 2.45) is 0 Å². The van der Waals surface area contributed by atoms with Gasteiger partial charge < -0.3 is 52.1 Å². The van der Waals surface area contributed by atoms with Gasteiger partial charge in [-0.3, -0.25) is 0 Å². The lowest BCUT2D eigenvalue weighted by atomic mass is 10.0. The van der Waals surface area contributed by atoms with Gasteiger partial charge in [0, 0.05) is 0 Å². The molecule has 11 heteroatoms. The van der Waals surface area contributed by atoms with E-state index in [9.17, 15) is 0 Å². The first-order chi connectivity index (χ1) is 25.9. The molecule has 298 valence electrons. The van der Waals surface area contributed by atoms with Crippen LogP contribution in [0.15, 0.2) is 54.6 Å². The monoisotopic (exact) mass is 736 g/mol. The second-order valence-electron chi connectivity index (χ2n) is 12.1. The molecule has 0 bridgehead atoms. The summed E-state index contributed by atoms with van der Waals surface area (Å²) in [6.07, 6.45) is 9.09. The third kappa shape index (κ3) is 30.3. The fourth-order valence-corrected chi connectivity index (χ4v) is 4.82. The Labute approximate surface area is 313 Å². The van der Waals surface area contributed by atoms with Crippen LogP contribution in [-0.4, -0.2) is 132 Å². The Morgan fingerprint density at radius 3 is 1.12 bits per heavy atom. The van der Waals surface area contributed by atoms with Gasteiger partial charge in [-0.2, -0.15) is 0 Å². The Morgan fingerprint density at radius 1 is 0.327 bits per heavy atom. The molecule has 0 aromatic heterocycles. The molecule has 0 amide bonds. The Bertz CT molecular complexity index is 980. The molecule has 0 saturated heterocycles. The number of ether oxygens (including phenoxy) is 11. The minimum absolute atomic E-state index is 0.515. The molecule has 0 radical (unpaired) electrons. The van der Waals surface area contributed by atoms with Gasteiger partial charge in [-0.25, -0.2) is 0 Å². The van der Waals surface area contributed by atoms with E-state index in [1.807, 2.05) is 30.3 Å². The Morgan fingerprint density at radius 2 is 0.692 bits per heavy atom. The van der Waals surface area contributed by atoms with Crippen LogP contribution in [0.4, 0.5) is 0 Å². The number of unbranched alkanes of at least 4 members (excludes halogenated alkanes) is 5. The minimum atomic E-state index is 0.515. The second-order valence-corrected chi connectivity index (χ2v) is 12.1. The summed E-state index contributed by atoms with van der Waals surface area (Å²) < 4.78 is 61.1. The maximum atomic E-state index is 5.78. The Kier molecular flexibility index (Phi) is 32.9. The van der Waals surface area contributed by atoms with Gasteiger partial charge in [0.05, 0.1) is 132 Å². The molecule has 0 saturated carbocycles. The quantitative estimate of drug-likeness (QED) is 0.0718. The van der Waals surface area contributed by atoms with Gasteiger partial charge in [-0.1, -0.05) is 81.5 Å². The van der Waals surface area contributed by atoms with Gasteiger partial charge in [-0.05, 0) is 36.1 Å². The molecule has 52 heavy (non-hydrogen) atoms. The van der Waals surface area contributed by atoms with Gasteiger partial charge in [0.2, 0.25) is 0 Å². The van der Waals surface area contributed by atoms with E-state index in [4.69, 9.17) is 52.1 Å². The third-order valence-corrected chi connectivity index (χ3v) is 7.70. The molecule has 0 aliphatic carbocycles. The van der Waals surface area contributed by atoms with E-state index in [-0.39, 0.29) is 0 Å². The second kappa shape index (κ2) is 37.2. The zero-order chi connectivity index (χ0) is 36.7. The molecule has 2 aromatic carbocycles. The first-order valence-electron chi connectivity index (χ1n) is 19.4. The molecule has 0 N–H and O–H groups in total. The Balaban J connectivity index is 1.17. The zero-order valence-electron chi connectivity index (χ0n) is 32.0. The average Bonchev–Trinajstić information content (AvgIpc) is 3.17. The van der Waals surface area contributed by atoms with Crippen molar-refractivity contribution in [1.82, 2.24) is 0 Å². The molecule has 11 nitrogen and oxygen atoms in total. The predicted molar refractivity (Wildman–Crippen MR) is 202 cm³/mol. The maximum Gasteiger partial charge on any atom is 0.119 e. The Hall–Kier alpha value is -2.16. The van der Waals surface area contributed by atoms with E-state index in [2.05, 4.69) is 31.2 Å². The highest BCUT2D eigenvalue weighted by atomic mass is 16.6. The molecular formula is C41H68O11. The molecule has 0 spiro atoms. The first-order valence-corrected chi connectivity index (χ1v) is 19.4. The van der Waals surface area contributed by atoms with Crippen LogP contribution < -0.4 is 4.74 Å². The van der Waals surface area contributed by atoms with E-state index in [1.165, 1.54) is 44.1 Å². The highest BCUT2D eigenvalue weighted by Gasteiger charge is 1.99. The summed E-state index contributed by atoms with van der Waals surface area (Å²) in [5.74, 6) is 0.886. The van der Waals surface area contributed by atoms with Gasteiger partial charge >= 0.3 is 0 Å². The summed E-state index contributed by atoms with van der Waals surface area (Å²) in [5.41, 5.74) is 2.54. The molecule has 0 aliphatic rings. The van der Waals surface area contributed by atoms with Crippen molar-refractivity contribution < 1.29 is 52.1 Å². The van der Waals surface area contributed by atoms with Crippen LogP contribution in [0.3, 0.4) is 0 Å². The van der Waals surface area contributed by atoms with E-state index in [0.717, 1.165) is 17.7 Å². The van der Waals surface area contributed by atoms with Crippen molar-refractivity contribution in [2.75, 3.05) is 132 Å². The number of aryl methyl sites for hydroxylation is 1. The van der Waals surface area contributed by atoms with Crippen LogP contribution in [0.5, 0.6) is 5.75 Å². The van der Waals surface area contributed by atoms with Crippen LogP contribution in [0.25, 0.3) is 0 Å². The lowest BCUT2D eigenvalue weighted by Crippen LogP contribution is -2.15. The number of hydrogen-bond acceptors (Lipinski definition) is 11. The van der Waals surface area contributed by atoms with Crippen molar-refractivity contribution in [1.29, 1.82) is 0 Å². The van der Waals surface area contributed by atoms with Crippen LogP contribution in [0.1, 0.15) is 56.6 Å². The zero-order valence-corrected chi connectivity index (χ0v) is 32.0. The smallest absolute Gasteiger partial charge is 0.119 e. The maximum absolute atomic E-state index is 5.78. The first kappa shape index (κ1) is 46.0. The molecular weight excluding hydrogens is 668 g/mol. The van der Waals surface area contributed by atoms with Gasteiger partial charge in [-0.15, -0.1) is 0 Å². The fourth-order valence-electron chi connectivity index (χ4n) is 4.82. The van der Waals surface area contributed by atoms with Crippen molar-refractivity contribution in [2.45, 2.75) is 58.5 Å². The molecule has 0 aliphatic heterocycles. The summed E-state index contributed by atoms with van der Waals surface area (Å²) in [5, 5.41) is 0. The molecule has 0 atom stereocenters. The van der Waals surface area contributed by atoms with Crippen molar-refractivity contribution in [3.8, 4) is 5.75 Å². The topological polar surface area (TPSA) is 102 Å². The summed E-state index contributed by atoms with van der Waals surface area (Å²) in [6.45, 7) is 13.4. The van der Waals surface area contributed by atoms with E-state index in [1.54, 1.807) is 0 Å². The molecule has 0 heterocycles. The van der Waals surface area contributed by atoms with E-state index in [0.29, 0.717) is 139 Å². The summed E-state index contributed by atoms with van der Waals surface area (Å²) in [6, 6.07) is 18.5. The van der Waals surface area contributed by atoms with Crippen LogP contribution in [-0.2, 0) is 60.4 Å². The molecule has 0 fully saturated rings. The lowest BCUT2D eigenvalue weighted by Gasteiger charge is -2.09. The normalized spacial score (nSPS) is 11.4. The van der Waals surface area contributed by atoms with Gasteiger partial charge in [0.25, 0.3) is 0 Å². The summed E-state index contributed by atoms with van der Waals surface area (Å²) in [4.78, 5) is 0. The summed E-state index contributed by atoms with van der Waals surface area (Å²) >= 11 is 0. The molecule has 2 aromatic rings. The standard InChI is InChI=1S/C41H68O11/c1-2-3-4-5-6-8-11-39-14-16-41(17-15-39)52-37-36-50-33-32-48-29-28-46-25-24-44-21-20-42-18-19-43-22-23-45-26-27-47-30-31-49-34-35-51-38-40-12-9-7-10-13-40/h7,9-10,12-17H,2-6,8,11,18-38H2,1H3. The average molecular weight is 737 g/mol. The predicted octanol–water partition coefficient (Wildman–Crippen LogP) is 6.33. The van der Waals surface area contributed by atoms with Crippen molar-refractivity contribution in [3.63, 3.8) is 0 Å². The fraction of sp³-hybridized carbons (Fsp3) is 0.707. The highest BCUT2D eigenvalue weighted by Crippen LogP contribution is 2.15. The van der Waals surface area contributed by atoms with E-state index < -0.39 is 0 Å².